The first-order valence-electron chi connectivity index (χ1n) is 9.61. The number of rotatable bonds is 6. The number of benzene rings is 4. The van der Waals surface area contributed by atoms with Gasteiger partial charge in [0, 0.05) is 0 Å². The van der Waals surface area contributed by atoms with E-state index in [0.29, 0.717) is 8.58 Å². The smallest absolute Gasteiger partial charge is 0.130 e. The zero-order valence-corrected chi connectivity index (χ0v) is 16.9. The second-order valence-corrected chi connectivity index (χ2v) is 7.99. The summed E-state index contributed by atoms with van der Waals surface area (Å²) in [5.41, 5.74) is 3.72. The van der Waals surface area contributed by atoms with Crippen molar-refractivity contribution in [3.05, 3.63) is 109 Å². The summed E-state index contributed by atoms with van der Waals surface area (Å²) in [6.45, 7) is 2.15. The highest BCUT2D eigenvalue weighted by Gasteiger charge is 2.07. The van der Waals surface area contributed by atoms with Crippen molar-refractivity contribution in [1.29, 1.82) is 0 Å². The van der Waals surface area contributed by atoms with Crippen molar-refractivity contribution >= 4 is 19.2 Å². The Morgan fingerprint density at radius 1 is 0.679 bits per heavy atom. The van der Waals surface area contributed by atoms with Gasteiger partial charge in [0.15, 0.2) is 0 Å². The van der Waals surface area contributed by atoms with Crippen LogP contribution in [0.15, 0.2) is 103 Å². The lowest BCUT2D eigenvalue weighted by atomic mass is 10.1. The first-order valence-corrected chi connectivity index (χ1v) is 10.6. The average molecular weight is 382 g/mol. The van der Waals surface area contributed by atoms with Gasteiger partial charge in [-0.05, 0) is 51.9 Å². The Morgan fingerprint density at radius 3 is 2.14 bits per heavy atom. The molecule has 0 amide bonds. The molecule has 138 valence electrons. The Labute approximate surface area is 168 Å². The van der Waals surface area contributed by atoms with Crippen molar-refractivity contribution in [3.8, 4) is 22.6 Å². The molecule has 0 aromatic heterocycles. The van der Waals surface area contributed by atoms with Crippen LogP contribution in [0.25, 0.3) is 11.1 Å². The summed E-state index contributed by atoms with van der Waals surface area (Å²) in [6.07, 6.45) is 0.960. The number of hydrogen-bond donors (Lipinski definition) is 0. The molecule has 2 heteroatoms. The van der Waals surface area contributed by atoms with E-state index in [1.807, 2.05) is 12.1 Å². The molecule has 4 rings (SSSR count). The Kier molecular flexibility index (Phi) is 5.85. The fraction of sp³-hybridized carbons (Fsp3) is 0.0769. The molecule has 0 fully saturated rings. The molecule has 1 nitrogen and oxygen atoms in total. The van der Waals surface area contributed by atoms with Gasteiger partial charge in [-0.25, -0.2) is 0 Å². The van der Waals surface area contributed by atoms with Crippen molar-refractivity contribution in [2.24, 2.45) is 0 Å². The molecule has 0 heterocycles. The molecule has 0 saturated carbocycles. The summed E-state index contributed by atoms with van der Waals surface area (Å²) in [5, 5.41) is 2.71. The van der Waals surface area contributed by atoms with Crippen LogP contribution < -0.4 is 15.3 Å². The molecule has 0 radical (unpaired) electrons. The first kappa shape index (κ1) is 18.5. The Bertz CT molecular complexity index is 1040. The molecule has 0 aliphatic heterocycles. The molecule has 1 unspecified atom stereocenters. The fourth-order valence-electron chi connectivity index (χ4n) is 3.25. The van der Waals surface area contributed by atoms with Gasteiger partial charge in [-0.3, -0.25) is 0 Å². The minimum absolute atomic E-state index is 0.643. The third-order valence-corrected chi connectivity index (χ3v) is 6.05. The van der Waals surface area contributed by atoms with Crippen LogP contribution in [0.3, 0.4) is 0 Å². The van der Waals surface area contributed by atoms with Crippen molar-refractivity contribution < 1.29 is 4.74 Å². The molecular weight excluding hydrogens is 359 g/mol. The van der Waals surface area contributed by atoms with Gasteiger partial charge in [0.1, 0.15) is 11.5 Å². The maximum atomic E-state index is 6.12. The topological polar surface area (TPSA) is 9.23 Å². The highest BCUT2D eigenvalue weighted by atomic mass is 31.1. The van der Waals surface area contributed by atoms with Crippen molar-refractivity contribution in [1.82, 2.24) is 0 Å². The van der Waals surface area contributed by atoms with Crippen LogP contribution in [0.2, 0.25) is 0 Å². The predicted octanol–water partition coefficient (Wildman–Crippen LogP) is 6.34. The second-order valence-electron chi connectivity index (χ2n) is 6.62. The number of hydrogen-bond acceptors (Lipinski definition) is 1. The number of aryl methyl sites for hydroxylation is 1. The number of para-hydroxylation sites is 1. The molecule has 0 bridgehead atoms. The minimum atomic E-state index is 0.643. The Morgan fingerprint density at radius 2 is 1.36 bits per heavy atom. The van der Waals surface area contributed by atoms with Crippen LogP contribution in [0.1, 0.15) is 12.5 Å². The van der Waals surface area contributed by atoms with E-state index in [-0.39, 0.29) is 0 Å². The summed E-state index contributed by atoms with van der Waals surface area (Å²) in [5.74, 6) is 1.80. The molecule has 4 aromatic rings. The molecule has 0 aliphatic carbocycles. The Balaban J connectivity index is 1.58. The first-order chi connectivity index (χ1) is 13.8. The minimum Gasteiger partial charge on any atom is -0.457 e. The van der Waals surface area contributed by atoms with Crippen molar-refractivity contribution in [2.75, 3.05) is 0 Å². The van der Waals surface area contributed by atoms with Gasteiger partial charge in [-0.2, -0.15) is 0 Å². The highest BCUT2D eigenvalue weighted by Crippen LogP contribution is 2.29. The van der Waals surface area contributed by atoms with Crippen LogP contribution >= 0.6 is 8.58 Å². The van der Waals surface area contributed by atoms with E-state index in [4.69, 9.17) is 4.74 Å². The van der Waals surface area contributed by atoms with Gasteiger partial charge in [0.05, 0.1) is 0 Å². The van der Waals surface area contributed by atoms with Crippen molar-refractivity contribution in [2.45, 2.75) is 13.3 Å². The lowest BCUT2D eigenvalue weighted by Gasteiger charge is -2.12. The lowest BCUT2D eigenvalue weighted by molar-refractivity contribution is 0.477. The maximum absolute atomic E-state index is 6.12. The van der Waals surface area contributed by atoms with Crippen LogP contribution in [0.4, 0.5) is 0 Å². The fourth-order valence-corrected chi connectivity index (χ4v) is 4.46. The van der Waals surface area contributed by atoms with E-state index >= 15 is 0 Å². The Hall–Kier alpha value is -2.89. The summed E-state index contributed by atoms with van der Waals surface area (Å²) in [6, 6.07) is 35.9. The largest absolute Gasteiger partial charge is 0.457 e. The van der Waals surface area contributed by atoms with E-state index in [2.05, 4.69) is 97.9 Å². The van der Waals surface area contributed by atoms with Crippen LogP contribution in [-0.2, 0) is 6.42 Å². The van der Waals surface area contributed by atoms with Gasteiger partial charge < -0.3 is 4.74 Å². The third-order valence-electron chi connectivity index (χ3n) is 4.73. The van der Waals surface area contributed by atoms with Gasteiger partial charge in [-0.1, -0.05) is 100 Å². The van der Waals surface area contributed by atoms with E-state index in [1.54, 1.807) is 0 Å². The SMILES string of the molecule is CCc1ccccc1Oc1ccc(-c2ccccc2Pc2ccccc2)cc1. The van der Waals surface area contributed by atoms with Crippen molar-refractivity contribution in [3.63, 3.8) is 0 Å². The zero-order chi connectivity index (χ0) is 19.2. The maximum Gasteiger partial charge on any atom is 0.130 e. The van der Waals surface area contributed by atoms with E-state index < -0.39 is 0 Å². The monoisotopic (exact) mass is 382 g/mol. The van der Waals surface area contributed by atoms with Gasteiger partial charge >= 0.3 is 0 Å². The lowest BCUT2D eigenvalue weighted by Crippen LogP contribution is -2.05. The summed E-state index contributed by atoms with van der Waals surface area (Å²) in [4.78, 5) is 0. The van der Waals surface area contributed by atoms with Gasteiger partial charge in [0.25, 0.3) is 0 Å². The number of ether oxygens (including phenoxy) is 1. The third kappa shape index (κ3) is 4.32. The van der Waals surface area contributed by atoms with Crippen LogP contribution in [-0.4, -0.2) is 0 Å². The molecule has 0 aliphatic rings. The quantitative estimate of drug-likeness (QED) is 0.354. The van der Waals surface area contributed by atoms with Crippen LogP contribution in [0, 0.1) is 0 Å². The van der Waals surface area contributed by atoms with Gasteiger partial charge in [-0.15, -0.1) is 0 Å². The molecule has 28 heavy (non-hydrogen) atoms. The molecule has 1 atom stereocenters. The molecule has 0 N–H and O–H groups in total. The van der Waals surface area contributed by atoms with E-state index in [0.717, 1.165) is 17.9 Å². The average Bonchev–Trinajstić information content (AvgIpc) is 2.76. The summed E-state index contributed by atoms with van der Waals surface area (Å²) in [7, 11) is 0.643. The van der Waals surface area contributed by atoms with Crippen LogP contribution in [0.5, 0.6) is 11.5 Å². The van der Waals surface area contributed by atoms with E-state index in [9.17, 15) is 0 Å². The molecule has 0 spiro atoms. The second kappa shape index (κ2) is 8.87. The van der Waals surface area contributed by atoms with E-state index in [1.165, 1.54) is 27.3 Å². The molecule has 4 aromatic carbocycles. The highest BCUT2D eigenvalue weighted by molar-refractivity contribution is 7.55. The molecular formula is C26H23OP. The summed E-state index contributed by atoms with van der Waals surface area (Å²) < 4.78 is 6.12. The zero-order valence-electron chi connectivity index (χ0n) is 15.9. The normalized spacial score (nSPS) is 11.0. The summed E-state index contributed by atoms with van der Waals surface area (Å²) >= 11 is 0. The predicted molar refractivity (Wildman–Crippen MR) is 122 cm³/mol. The standard InChI is InChI=1S/C26H23OP/c1-2-20-10-6-8-14-25(20)27-22-18-16-21(17-19-22)24-13-7-9-15-26(24)28-23-11-4-3-5-12-23/h3-19,28H,2H2,1H3. The molecule has 0 saturated heterocycles. The van der Waals surface area contributed by atoms with Gasteiger partial charge in [0.2, 0.25) is 0 Å².